The van der Waals surface area contributed by atoms with Crippen molar-refractivity contribution in [2.75, 3.05) is 12.4 Å². The first-order chi connectivity index (χ1) is 8.20. The molecule has 5 nitrogen and oxygen atoms in total. The van der Waals surface area contributed by atoms with Gasteiger partial charge in [0.2, 0.25) is 0 Å². The summed E-state index contributed by atoms with van der Waals surface area (Å²) in [5.74, 6) is 0.713. The van der Waals surface area contributed by atoms with E-state index in [-0.39, 0.29) is 5.56 Å². The van der Waals surface area contributed by atoms with Crippen LogP contribution < -0.4 is 10.9 Å². The molecule has 2 rings (SSSR count). The Morgan fingerprint density at radius 3 is 2.82 bits per heavy atom. The molecule has 2 aromatic rings. The number of hydrogen-bond donors (Lipinski definition) is 1. The molecule has 0 amide bonds. The van der Waals surface area contributed by atoms with Gasteiger partial charge in [0, 0.05) is 18.8 Å². The van der Waals surface area contributed by atoms with Crippen LogP contribution in [0.1, 0.15) is 11.3 Å². The van der Waals surface area contributed by atoms with E-state index in [1.165, 1.54) is 0 Å². The lowest BCUT2D eigenvalue weighted by Gasteiger charge is -2.06. The topological polar surface area (TPSA) is 59.8 Å². The Morgan fingerprint density at radius 2 is 2.18 bits per heavy atom. The largest absolute Gasteiger partial charge is 0.372 e. The quantitative estimate of drug-likeness (QED) is 0.855. The van der Waals surface area contributed by atoms with Crippen LogP contribution in [0.4, 0.5) is 5.82 Å². The third kappa shape index (κ3) is 2.50. The lowest BCUT2D eigenvalue weighted by atomic mass is 10.3. The number of aromatic nitrogens is 3. The molecule has 1 N–H and O–H groups in total. The van der Waals surface area contributed by atoms with Crippen LogP contribution in [-0.4, -0.2) is 21.6 Å². The summed E-state index contributed by atoms with van der Waals surface area (Å²) in [6.07, 6.45) is 5.07. The van der Waals surface area contributed by atoms with Crippen LogP contribution in [-0.2, 0) is 6.54 Å². The van der Waals surface area contributed by atoms with Crippen molar-refractivity contribution in [1.29, 1.82) is 0 Å². The molecular weight excluding hydrogens is 216 g/mol. The molecule has 0 aliphatic carbocycles. The summed E-state index contributed by atoms with van der Waals surface area (Å²) in [4.78, 5) is 20.2. The van der Waals surface area contributed by atoms with Gasteiger partial charge in [-0.3, -0.25) is 9.78 Å². The number of hydrogen-bond acceptors (Lipinski definition) is 4. The van der Waals surface area contributed by atoms with Crippen molar-refractivity contribution < 1.29 is 0 Å². The maximum absolute atomic E-state index is 11.8. The standard InChI is InChI=1S/C12H14N4O/c1-9-4-3-5-16(12(9)17)8-10-6-15-11(13-2)7-14-10/h3-7H,8H2,1-2H3,(H,13,15). The summed E-state index contributed by atoms with van der Waals surface area (Å²) in [6, 6.07) is 3.65. The third-order valence-corrected chi connectivity index (χ3v) is 2.50. The van der Waals surface area contributed by atoms with Gasteiger partial charge in [0.25, 0.3) is 5.56 Å². The molecule has 0 fully saturated rings. The van der Waals surface area contributed by atoms with Crippen molar-refractivity contribution >= 4 is 5.82 Å². The fraction of sp³-hybridized carbons (Fsp3) is 0.250. The number of nitrogens with one attached hydrogen (secondary N) is 1. The summed E-state index contributed by atoms with van der Waals surface area (Å²) in [5.41, 5.74) is 1.50. The predicted octanol–water partition coefficient (Wildman–Crippen LogP) is 1.04. The Morgan fingerprint density at radius 1 is 1.35 bits per heavy atom. The highest BCUT2D eigenvalue weighted by Gasteiger charge is 2.01. The van der Waals surface area contributed by atoms with Crippen LogP contribution in [0.25, 0.3) is 0 Å². The molecule has 0 aromatic carbocycles. The van der Waals surface area contributed by atoms with Gasteiger partial charge in [-0.1, -0.05) is 6.07 Å². The molecule has 17 heavy (non-hydrogen) atoms. The first-order valence-electron chi connectivity index (χ1n) is 5.35. The van der Waals surface area contributed by atoms with Crippen LogP contribution >= 0.6 is 0 Å². The lowest BCUT2D eigenvalue weighted by molar-refractivity contribution is 0.729. The Labute approximate surface area is 99.2 Å². The summed E-state index contributed by atoms with van der Waals surface area (Å²) < 4.78 is 1.62. The number of nitrogens with zero attached hydrogens (tertiary/aromatic N) is 3. The Balaban J connectivity index is 2.25. The molecule has 0 atom stereocenters. The van der Waals surface area contributed by atoms with Gasteiger partial charge in [0.05, 0.1) is 24.6 Å². The first kappa shape index (κ1) is 11.3. The minimum Gasteiger partial charge on any atom is -0.372 e. The fourth-order valence-electron chi connectivity index (χ4n) is 1.52. The molecule has 0 aliphatic rings. The van der Waals surface area contributed by atoms with E-state index in [2.05, 4.69) is 15.3 Å². The van der Waals surface area contributed by atoms with E-state index in [0.717, 1.165) is 11.3 Å². The van der Waals surface area contributed by atoms with Gasteiger partial charge in [0.15, 0.2) is 0 Å². The second-order valence-corrected chi connectivity index (χ2v) is 3.77. The highest BCUT2D eigenvalue weighted by atomic mass is 16.1. The maximum atomic E-state index is 11.8. The summed E-state index contributed by atoms with van der Waals surface area (Å²) in [5, 5.41) is 2.90. The van der Waals surface area contributed by atoms with E-state index >= 15 is 0 Å². The lowest BCUT2D eigenvalue weighted by Crippen LogP contribution is -2.22. The molecule has 5 heteroatoms. The fourth-order valence-corrected chi connectivity index (χ4v) is 1.52. The summed E-state index contributed by atoms with van der Waals surface area (Å²) in [7, 11) is 1.79. The van der Waals surface area contributed by atoms with Crippen molar-refractivity contribution in [2.45, 2.75) is 13.5 Å². The van der Waals surface area contributed by atoms with Crippen molar-refractivity contribution in [3.63, 3.8) is 0 Å². The van der Waals surface area contributed by atoms with Crippen LogP contribution in [0.15, 0.2) is 35.5 Å². The molecule has 0 aliphatic heterocycles. The predicted molar refractivity (Wildman–Crippen MR) is 66.1 cm³/mol. The molecule has 0 bridgehead atoms. The molecule has 2 heterocycles. The van der Waals surface area contributed by atoms with Gasteiger partial charge in [0.1, 0.15) is 5.82 Å². The zero-order valence-electron chi connectivity index (χ0n) is 9.84. The van der Waals surface area contributed by atoms with E-state index in [9.17, 15) is 4.79 Å². The SMILES string of the molecule is CNc1cnc(Cn2cccc(C)c2=O)cn1. The molecule has 88 valence electrons. The van der Waals surface area contributed by atoms with Gasteiger partial charge in [-0.2, -0.15) is 0 Å². The second kappa shape index (κ2) is 4.78. The number of pyridine rings is 1. The van der Waals surface area contributed by atoms with Crippen molar-refractivity contribution in [1.82, 2.24) is 14.5 Å². The van der Waals surface area contributed by atoms with Crippen molar-refractivity contribution in [2.24, 2.45) is 0 Å². The minimum atomic E-state index is 0.00648. The zero-order valence-corrected chi connectivity index (χ0v) is 9.84. The monoisotopic (exact) mass is 230 g/mol. The van der Waals surface area contributed by atoms with Gasteiger partial charge in [-0.15, -0.1) is 0 Å². The maximum Gasteiger partial charge on any atom is 0.253 e. The van der Waals surface area contributed by atoms with E-state index in [1.54, 1.807) is 43.2 Å². The second-order valence-electron chi connectivity index (χ2n) is 3.77. The van der Waals surface area contributed by atoms with Crippen LogP contribution in [0, 0.1) is 6.92 Å². The Kier molecular flexibility index (Phi) is 3.18. The molecule has 0 radical (unpaired) electrons. The van der Waals surface area contributed by atoms with E-state index < -0.39 is 0 Å². The smallest absolute Gasteiger partial charge is 0.253 e. The number of rotatable bonds is 3. The van der Waals surface area contributed by atoms with Crippen molar-refractivity contribution in [3.8, 4) is 0 Å². The van der Waals surface area contributed by atoms with Crippen LogP contribution in [0.3, 0.4) is 0 Å². The van der Waals surface area contributed by atoms with Gasteiger partial charge >= 0.3 is 0 Å². The summed E-state index contributed by atoms with van der Waals surface area (Å²) >= 11 is 0. The number of anilines is 1. The van der Waals surface area contributed by atoms with Gasteiger partial charge < -0.3 is 9.88 Å². The molecule has 0 saturated carbocycles. The van der Waals surface area contributed by atoms with Gasteiger partial charge in [-0.05, 0) is 13.0 Å². The molecule has 0 saturated heterocycles. The zero-order chi connectivity index (χ0) is 12.3. The Bertz CT molecular complexity index is 559. The minimum absolute atomic E-state index is 0.00648. The van der Waals surface area contributed by atoms with Crippen LogP contribution in [0.2, 0.25) is 0 Å². The third-order valence-electron chi connectivity index (χ3n) is 2.50. The molecular formula is C12H14N4O. The Hall–Kier alpha value is -2.17. The molecule has 0 spiro atoms. The summed E-state index contributed by atoms with van der Waals surface area (Å²) in [6.45, 7) is 2.24. The van der Waals surface area contributed by atoms with Crippen molar-refractivity contribution in [3.05, 3.63) is 52.3 Å². The van der Waals surface area contributed by atoms with E-state index in [1.807, 2.05) is 6.07 Å². The highest BCUT2D eigenvalue weighted by Crippen LogP contribution is 2.01. The average Bonchev–Trinajstić information content (AvgIpc) is 2.36. The number of aryl methyl sites for hydroxylation is 1. The van der Waals surface area contributed by atoms with E-state index in [0.29, 0.717) is 12.4 Å². The average molecular weight is 230 g/mol. The van der Waals surface area contributed by atoms with Crippen LogP contribution in [0.5, 0.6) is 0 Å². The van der Waals surface area contributed by atoms with Gasteiger partial charge in [-0.25, -0.2) is 4.98 Å². The highest BCUT2D eigenvalue weighted by molar-refractivity contribution is 5.29. The molecule has 2 aromatic heterocycles. The molecule has 0 unspecified atom stereocenters. The normalized spacial score (nSPS) is 10.2. The van der Waals surface area contributed by atoms with E-state index in [4.69, 9.17) is 0 Å². The first-order valence-corrected chi connectivity index (χ1v) is 5.35.